The van der Waals surface area contributed by atoms with Crippen LogP contribution in [-0.4, -0.2) is 5.52 Å². The Kier molecular flexibility index (Phi) is 3.00. The molecule has 0 heterocycles. The van der Waals surface area contributed by atoms with E-state index in [4.69, 9.17) is 0 Å². The molecular weight excluding hydrogens is 155 g/mol. The van der Waals surface area contributed by atoms with Crippen molar-refractivity contribution in [3.63, 3.8) is 0 Å². The predicted molar refractivity (Wildman–Crippen MR) is 49.6 cm³/mol. The quantitative estimate of drug-likeness (QED) is 0.491. The molecular formula is C9H9OP. The first-order valence-electron chi connectivity index (χ1n) is 3.31. The average molecular weight is 164 g/mol. The number of hydrogen-bond acceptors (Lipinski definition) is 1. The zero-order chi connectivity index (χ0) is 8.10. The van der Waals surface area contributed by atoms with Gasteiger partial charge < -0.3 is 0 Å². The minimum absolute atomic E-state index is 0.0937. The van der Waals surface area contributed by atoms with Gasteiger partial charge in [0.1, 0.15) is 0 Å². The van der Waals surface area contributed by atoms with Gasteiger partial charge in [-0.25, -0.2) is 0 Å². The van der Waals surface area contributed by atoms with Crippen molar-refractivity contribution < 1.29 is 4.79 Å². The Balaban J connectivity index is 2.65. The molecule has 0 aromatic heterocycles. The number of carbonyl (C=O) groups is 1. The summed E-state index contributed by atoms with van der Waals surface area (Å²) in [5.74, 6) is 0. The fraction of sp³-hybridized carbons (Fsp3) is 0. The molecule has 1 atom stereocenters. The summed E-state index contributed by atoms with van der Waals surface area (Å²) >= 11 is 0. The van der Waals surface area contributed by atoms with Crippen molar-refractivity contribution in [3.05, 3.63) is 43.0 Å². The maximum Gasteiger partial charge on any atom is 0.177 e. The number of rotatable bonds is 3. The monoisotopic (exact) mass is 164 g/mol. The van der Waals surface area contributed by atoms with Crippen molar-refractivity contribution in [2.24, 2.45) is 0 Å². The summed E-state index contributed by atoms with van der Waals surface area (Å²) in [4.78, 5) is 10.9. The van der Waals surface area contributed by atoms with E-state index in [1.54, 1.807) is 0 Å². The van der Waals surface area contributed by atoms with Gasteiger partial charge in [0.25, 0.3) is 0 Å². The first-order valence-corrected chi connectivity index (χ1v) is 4.31. The maximum atomic E-state index is 10.9. The molecule has 11 heavy (non-hydrogen) atoms. The van der Waals surface area contributed by atoms with E-state index in [0.717, 1.165) is 5.30 Å². The van der Waals surface area contributed by atoms with E-state index in [-0.39, 0.29) is 14.1 Å². The van der Waals surface area contributed by atoms with Crippen LogP contribution in [0.4, 0.5) is 0 Å². The van der Waals surface area contributed by atoms with Crippen LogP contribution in [0.25, 0.3) is 0 Å². The zero-order valence-electron chi connectivity index (χ0n) is 6.08. The van der Waals surface area contributed by atoms with Crippen LogP contribution in [0.15, 0.2) is 43.0 Å². The first-order chi connectivity index (χ1) is 5.33. The number of allylic oxidation sites excluding steroid dienone is 1. The van der Waals surface area contributed by atoms with Gasteiger partial charge in [0.2, 0.25) is 0 Å². The number of hydrogen-bond donors (Lipinski definition) is 0. The van der Waals surface area contributed by atoms with E-state index in [1.807, 2.05) is 30.3 Å². The normalized spacial score (nSPS) is 10.2. The molecule has 0 radical (unpaired) electrons. The molecule has 0 spiro atoms. The first kappa shape index (κ1) is 8.16. The second-order valence-corrected chi connectivity index (χ2v) is 3.38. The average Bonchev–Trinajstić information content (AvgIpc) is 2.06. The summed E-state index contributed by atoms with van der Waals surface area (Å²) in [5, 5.41) is 1.07. The van der Waals surface area contributed by atoms with Gasteiger partial charge in [0, 0.05) is 0 Å². The minimum Gasteiger partial charge on any atom is -0.290 e. The van der Waals surface area contributed by atoms with Crippen LogP contribution in [0.2, 0.25) is 0 Å². The lowest BCUT2D eigenvalue weighted by atomic mass is 10.4. The molecule has 0 bridgehead atoms. The third-order valence-corrected chi connectivity index (χ3v) is 2.30. The molecule has 1 nitrogen and oxygen atoms in total. The van der Waals surface area contributed by atoms with Gasteiger partial charge in [0.15, 0.2) is 5.52 Å². The van der Waals surface area contributed by atoms with Gasteiger partial charge in [-0.15, -0.1) is 0 Å². The molecule has 1 rings (SSSR count). The molecule has 56 valence electrons. The smallest absolute Gasteiger partial charge is 0.177 e. The fourth-order valence-corrected chi connectivity index (χ4v) is 1.46. The molecule has 1 unspecified atom stereocenters. The molecule has 0 amide bonds. The lowest BCUT2D eigenvalue weighted by molar-refractivity contribution is -0.107. The van der Waals surface area contributed by atoms with Gasteiger partial charge in [-0.1, -0.05) is 36.9 Å². The Hall–Kier alpha value is -0.940. The van der Waals surface area contributed by atoms with Crippen molar-refractivity contribution >= 4 is 19.4 Å². The highest BCUT2D eigenvalue weighted by Crippen LogP contribution is 2.10. The van der Waals surface area contributed by atoms with E-state index in [0.29, 0.717) is 0 Å². The van der Waals surface area contributed by atoms with Crippen LogP contribution in [0.5, 0.6) is 0 Å². The van der Waals surface area contributed by atoms with Crippen LogP contribution < -0.4 is 5.30 Å². The molecule has 2 heteroatoms. The topological polar surface area (TPSA) is 17.1 Å². The Morgan fingerprint density at radius 1 is 1.36 bits per heavy atom. The van der Waals surface area contributed by atoms with Crippen molar-refractivity contribution in [3.8, 4) is 0 Å². The van der Waals surface area contributed by atoms with Crippen LogP contribution in [0, 0.1) is 0 Å². The Morgan fingerprint density at radius 2 is 2.00 bits per heavy atom. The van der Waals surface area contributed by atoms with Crippen LogP contribution in [0.3, 0.4) is 0 Å². The highest BCUT2D eigenvalue weighted by molar-refractivity contribution is 7.65. The lowest BCUT2D eigenvalue weighted by Gasteiger charge is -1.94. The minimum atomic E-state index is 0.0937. The second kappa shape index (κ2) is 4.05. The molecule has 0 aliphatic heterocycles. The molecule has 0 fully saturated rings. The van der Waals surface area contributed by atoms with E-state index in [2.05, 4.69) is 6.58 Å². The summed E-state index contributed by atoms with van der Waals surface area (Å²) < 4.78 is 0. The van der Waals surface area contributed by atoms with Gasteiger partial charge >= 0.3 is 0 Å². The van der Waals surface area contributed by atoms with Crippen LogP contribution in [0.1, 0.15) is 0 Å². The van der Waals surface area contributed by atoms with Gasteiger partial charge in [-0.3, -0.25) is 4.79 Å². The molecule has 0 aliphatic rings. The fourth-order valence-electron chi connectivity index (χ4n) is 0.715. The summed E-state index contributed by atoms with van der Waals surface area (Å²) in [6, 6.07) is 9.68. The summed E-state index contributed by atoms with van der Waals surface area (Å²) in [5.41, 5.74) is 0.0937. The predicted octanol–water partition coefficient (Wildman–Crippen LogP) is 1.70. The van der Waals surface area contributed by atoms with Crippen molar-refractivity contribution in [2.45, 2.75) is 0 Å². The Morgan fingerprint density at radius 3 is 2.55 bits per heavy atom. The Bertz CT molecular complexity index is 254. The molecule has 0 N–H and O–H groups in total. The number of benzene rings is 1. The SMILES string of the molecule is C=CC(=O)Pc1ccccc1. The van der Waals surface area contributed by atoms with Crippen molar-refractivity contribution in [1.82, 2.24) is 0 Å². The summed E-state index contributed by atoms with van der Waals surface area (Å²) in [6.45, 7) is 3.41. The van der Waals surface area contributed by atoms with E-state index < -0.39 is 0 Å². The van der Waals surface area contributed by atoms with Crippen LogP contribution >= 0.6 is 8.58 Å². The summed E-state index contributed by atoms with van der Waals surface area (Å²) in [7, 11) is 0.221. The molecule has 1 aromatic rings. The maximum absolute atomic E-state index is 10.9. The summed E-state index contributed by atoms with van der Waals surface area (Å²) in [6.07, 6.45) is 1.37. The van der Waals surface area contributed by atoms with Gasteiger partial charge in [-0.2, -0.15) is 0 Å². The molecule has 0 saturated carbocycles. The van der Waals surface area contributed by atoms with Crippen molar-refractivity contribution in [2.75, 3.05) is 0 Å². The standard InChI is InChI=1S/C9H9OP/c1-2-9(10)11-8-6-4-3-5-7-8/h2-7,11H,1H2. The third-order valence-electron chi connectivity index (χ3n) is 1.23. The van der Waals surface area contributed by atoms with Gasteiger partial charge in [0.05, 0.1) is 0 Å². The second-order valence-electron chi connectivity index (χ2n) is 2.06. The van der Waals surface area contributed by atoms with Gasteiger partial charge in [-0.05, 0) is 20.0 Å². The highest BCUT2D eigenvalue weighted by Gasteiger charge is 1.95. The molecule has 0 aliphatic carbocycles. The lowest BCUT2D eigenvalue weighted by Crippen LogP contribution is -1.95. The zero-order valence-corrected chi connectivity index (χ0v) is 7.08. The number of carbonyl (C=O) groups excluding carboxylic acids is 1. The van der Waals surface area contributed by atoms with Crippen LogP contribution in [-0.2, 0) is 4.79 Å². The van der Waals surface area contributed by atoms with E-state index >= 15 is 0 Å². The van der Waals surface area contributed by atoms with E-state index in [9.17, 15) is 4.79 Å². The Labute approximate surface area is 67.9 Å². The molecule has 0 saturated heterocycles. The van der Waals surface area contributed by atoms with Crippen molar-refractivity contribution in [1.29, 1.82) is 0 Å². The third kappa shape index (κ3) is 2.65. The molecule has 1 aromatic carbocycles. The van der Waals surface area contributed by atoms with E-state index in [1.165, 1.54) is 6.08 Å². The largest absolute Gasteiger partial charge is 0.290 e. The highest BCUT2D eigenvalue weighted by atomic mass is 31.1.